The summed E-state index contributed by atoms with van der Waals surface area (Å²) in [5.41, 5.74) is 4.46. The molecule has 2 heteroatoms. The van der Waals surface area contributed by atoms with Crippen LogP contribution in [0.2, 0.25) is 0 Å². The zero-order valence-electron chi connectivity index (χ0n) is 10.7. The van der Waals surface area contributed by atoms with Crippen molar-refractivity contribution in [2.75, 3.05) is 18.9 Å². The van der Waals surface area contributed by atoms with Crippen molar-refractivity contribution in [3.8, 4) is 0 Å². The first-order chi connectivity index (χ1) is 8.34. The van der Waals surface area contributed by atoms with Crippen molar-refractivity contribution in [1.29, 1.82) is 0 Å². The summed E-state index contributed by atoms with van der Waals surface area (Å²) in [5.74, 6) is 0. The Bertz CT molecular complexity index is 396. The van der Waals surface area contributed by atoms with Gasteiger partial charge in [-0.15, -0.1) is 0 Å². The molecular weight excluding hydrogens is 208 g/mol. The summed E-state index contributed by atoms with van der Waals surface area (Å²) >= 11 is 0. The van der Waals surface area contributed by atoms with Crippen molar-refractivity contribution in [2.45, 2.75) is 44.7 Å². The number of anilines is 1. The smallest absolute Gasteiger partial charge is 0.0375 e. The van der Waals surface area contributed by atoms with Gasteiger partial charge in [0.1, 0.15) is 0 Å². The van der Waals surface area contributed by atoms with Crippen molar-refractivity contribution in [1.82, 2.24) is 4.90 Å². The first kappa shape index (κ1) is 11.1. The summed E-state index contributed by atoms with van der Waals surface area (Å²) < 4.78 is 0. The lowest BCUT2D eigenvalue weighted by Crippen LogP contribution is -2.36. The van der Waals surface area contributed by atoms with Crippen LogP contribution in [0.5, 0.6) is 0 Å². The zero-order valence-corrected chi connectivity index (χ0v) is 10.7. The fraction of sp³-hybridized carbons (Fsp3) is 0.600. The highest BCUT2D eigenvalue weighted by atomic mass is 15.1. The minimum Gasteiger partial charge on any atom is -0.385 e. The van der Waals surface area contributed by atoms with Gasteiger partial charge in [-0.3, -0.25) is 4.90 Å². The third-order valence-electron chi connectivity index (χ3n) is 4.31. The molecule has 0 spiro atoms. The van der Waals surface area contributed by atoms with Crippen LogP contribution in [0.3, 0.4) is 0 Å². The van der Waals surface area contributed by atoms with Crippen LogP contribution in [-0.4, -0.2) is 24.5 Å². The van der Waals surface area contributed by atoms with Crippen LogP contribution in [0, 0.1) is 0 Å². The quantitative estimate of drug-likeness (QED) is 0.858. The van der Waals surface area contributed by atoms with Gasteiger partial charge in [-0.25, -0.2) is 0 Å². The molecule has 1 N–H and O–H groups in total. The third-order valence-corrected chi connectivity index (χ3v) is 4.31. The molecule has 2 aliphatic rings. The van der Waals surface area contributed by atoms with Gasteiger partial charge in [-0.05, 0) is 49.9 Å². The van der Waals surface area contributed by atoms with Crippen LogP contribution in [0.15, 0.2) is 18.2 Å². The number of nitrogens with zero attached hydrogens (tertiary/aromatic N) is 1. The second-order valence-corrected chi connectivity index (χ2v) is 5.47. The molecule has 17 heavy (non-hydrogen) atoms. The molecule has 1 saturated carbocycles. The van der Waals surface area contributed by atoms with E-state index in [-0.39, 0.29) is 0 Å². The van der Waals surface area contributed by atoms with Crippen LogP contribution in [-0.2, 0) is 13.0 Å². The monoisotopic (exact) mass is 230 g/mol. The van der Waals surface area contributed by atoms with Crippen LogP contribution in [0.4, 0.5) is 5.69 Å². The minimum atomic E-state index is 0.836. The van der Waals surface area contributed by atoms with Crippen molar-refractivity contribution < 1.29 is 0 Å². The second kappa shape index (κ2) is 4.69. The number of hydrogen-bond acceptors (Lipinski definition) is 2. The summed E-state index contributed by atoms with van der Waals surface area (Å²) in [7, 11) is 2.28. The van der Waals surface area contributed by atoms with Gasteiger partial charge in [0, 0.05) is 24.8 Å². The molecule has 0 bridgehead atoms. The molecule has 0 amide bonds. The van der Waals surface area contributed by atoms with E-state index in [1.165, 1.54) is 43.4 Å². The van der Waals surface area contributed by atoms with E-state index in [0.29, 0.717) is 0 Å². The van der Waals surface area contributed by atoms with Crippen molar-refractivity contribution >= 4 is 5.69 Å². The first-order valence-electron chi connectivity index (χ1n) is 6.89. The van der Waals surface area contributed by atoms with E-state index in [0.717, 1.165) is 19.1 Å². The highest BCUT2D eigenvalue weighted by Crippen LogP contribution is 2.29. The number of hydrogen-bond donors (Lipinski definition) is 1. The van der Waals surface area contributed by atoms with Gasteiger partial charge in [-0.2, -0.15) is 0 Å². The molecule has 3 rings (SSSR count). The number of fused-ring (bicyclic) bond motifs is 1. The molecule has 1 aliphatic carbocycles. The standard InChI is InChI=1S/C15H22N2/c1-17(13-6-3-7-13)11-12-5-2-9-15-14(12)8-4-10-16-15/h2,5,9,13,16H,3-4,6-8,10-11H2,1H3. The third kappa shape index (κ3) is 2.19. The van der Waals surface area contributed by atoms with Gasteiger partial charge < -0.3 is 5.32 Å². The van der Waals surface area contributed by atoms with Crippen LogP contribution < -0.4 is 5.32 Å². The Kier molecular flexibility index (Phi) is 3.06. The van der Waals surface area contributed by atoms with E-state index in [1.54, 1.807) is 5.56 Å². The SMILES string of the molecule is CN(Cc1cccc2c1CCCN2)C1CCC1. The van der Waals surface area contributed by atoms with E-state index in [4.69, 9.17) is 0 Å². The Morgan fingerprint density at radius 1 is 1.29 bits per heavy atom. The molecule has 0 aromatic heterocycles. The normalized spacial score (nSPS) is 19.6. The molecule has 92 valence electrons. The Morgan fingerprint density at radius 2 is 2.18 bits per heavy atom. The fourth-order valence-electron chi connectivity index (χ4n) is 2.96. The average Bonchev–Trinajstić information content (AvgIpc) is 2.27. The van der Waals surface area contributed by atoms with E-state index in [1.807, 2.05) is 0 Å². The van der Waals surface area contributed by atoms with Gasteiger partial charge in [0.15, 0.2) is 0 Å². The van der Waals surface area contributed by atoms with Crippen LogP contribution >= 0.6 is 0 Å². The molecular formula is C15H22N2. The van der Waals surface area contributed by atoms with Gasteiger partial charge in [-0.1, -0.05) is 18.6 Å². The maximum atomic E-state index is 3.51. The first-order valence-corrected chi connectivity index (χ1v) is 6.89. The largest absolute Gasteiger partial charge is 0.385 e. The zero-order chi connectivity index (χ0) is 11.7. The molecule has 1 aromatic rings. The summed E-state index contributed by atoms with van der Waals surface area (Å²) in [5, 5.41) is 3.51. The lowest BCUT2D eigenvalue weighted by molar-refractivity contribution is 0.152. The fourth-order valence-corrected chi connectivity index (χ4v) is 2.96. The average molecular weight is 230 g/mol. The van der Waals surface area contributed by atoms with E-state index in [2.05, 4.69) is 35.5 Å². The molecule has 0 radical (unpaired) electrons. The van der Waals surface area contributed by atoms with Crippen molar-refractivity contribution in [3.63, 3.8) is 0 Å². The van der Waals surface area contributed by atoms with Gasteiger partial charge in [0.05, 0.1) is 0 Å². The molecule has 1 aromatic carbocycles. The summed E-state index contributed by atoms with van der Waals surface area (Å²) in [4.78, 5) is 2.54. The van der Waals surface area contributed by atoms with Crippen LogP contribution in [0.1, 0.15) is 36.8 Å². The molecule has 0 saturated heterocycles. The Labute approximate surface area is 104 Å². The summed E-state index contributed by atoms with van der Waals surface area (Å²) in [6, 6.07) is 7.56. The number of nitrogens with one attached hydrogen (secondary N) is 1. The van der Waals surface area contributed by atoms with Crippen LogP contribution in [0.25, 0.3) is 0 Å². The highest BCUT2D eigenvalue weighted by Gasteiger charge is 2.23. The van der Waals surface area contributed by atoms with E-state index >= 15 is 0 Å². The molecule has 0 atom stereocenters. The van der Waals surface area contributed by atoms with Crippen molar-refractivity contribution in [3.05, 3.63) is 29.3 Å². The Morgan fingerprint density at radius 3 is 2.94 bits per heavy atom. The lowest BCUT2D eigenvalue weighted by Gasteiger charge is -2.35. The number of benzene rings is 1. The van der Waals surface area contributed by atoms with Gasteiger partial charge >= 0.3 is 0 Å². The summed E-state index contributed by atoms with van der Waals surface area (Å²) in [6.45, 7) is 2.25. The molecule has 1 heterocycles. The predicted molar refractivity (Wildman–Crippen MR) is 72.4 cm³/mol. The maximum Gasteiger partial charge on any atom is 0.0375 e. The van der Waals surface area contributed by atoms with Gasteiger partial charge in [0.2, 0.25) is 0 Å². The van der Waals surface area contributed by atoms with Crippen molar-refractivity contribution in [2.24, 2.45) is 0 Å². The highest BCUT2D eigenvalue weighted by molar-refractivity contribution is 5.56. The topological polar surface area (TPSA) is 15.3 Å². The Balaban J connectivity index is 1.77. The lowest BCUT2D eigenvalue weighted by atomic mass is 9.90. The van der Waals surface area contributed by atoms with Gasteiger partial charge in [0.25, 0.3) is 0 Å². The minimum absolute atomic E-state index is 0.836. The molecule has 2 nitrogen and oxygen atoms in total. The van der Waals surface area contributed by atoms with E-state index in [9.17, 15) is 0 Å². The predicted octanol–water partition coefficient (Wildman–Crippen LogP) is 3.03. The molecule has 1 aliphatic heterocycles. The summed E-state index contributed by atoms with van der Waals surface area (Å²) in [6.07, 6.45) is 6.73. The maximum absolute atomic E-state index is 3.51. The second-order valence-electron chi connectivity index (χ2n) is 5.47. The van der Waals surface area contributed by atoms with E-state index < -0.39 is 0 Å². The number of rotatable bonds is 3. The Hall–Kier alpha value is -1.02. The molecule has 1 fully saturated rings. The molecule has 0 unspecified atom stereocenters.